The van der Waals surface area contributed by atoms with Gasteiger partial charge in [0.2, 0.25) is 5.91 Å². The molecule has 1 aliphatic rings. The monoisotopic (exact) mass is 319 g/mol. The van der Waals surface area contributed by atoms with Crippen molar-refractivity contribution in [1.82, 2.24) is 14.5 Å². The molecule has 6 heteroatoms. The molecule has 1 fully saturated rings. The van der Waals surface area contributed by atoms with Crippen LogP contribution in [0.5, 0.6) is 0 Å². The van der Waals surface area contributed by atoms with Gasteiger partial charge in [-0.25, -0.2) is 4.98 Å². The molecular formula is C16H21N3O2S. The average molecular weight is 319 g/mol. The number of aryl methyl sites for hydroxylation is 1. The number of likely N-dealkylation sites (N-methyl/N-ethyl adjacent to an activating group) is 1. The zero-order chi connectivity index (χ0) is 15.7. The summed E-state index contributed by atoms with van der Waals surface area (Å²) in [6.45, 7) is 2.03. The first-order valence-corrected chi connectivity index (χ1v) is 8.59. The maximum absolute atomic E-state index is 12.4. The Hall–Kier alpha value is -1.69. The maximum atomic E-state index is 12.4. The minimum Gasteiger partial charge on any atom is -0.341 e. The summed E-state index contributed by atoms with van der Waals surface area (Å²) in [7, 11) is 1.85. The summed E-state index contributed by atoms with van der Waals surface area (Å²) < 4.78 is 1.43. The lowest BCUT2D eigenvalue weighted by Crippen LogP contribution is -2.41. The lowest BCUT2D eigenvalue weighted by atomic mass is 9.94. The van der Waals surface area contributed by atoms with E-state index < -0.39 is 0 Å². The minimum atomic E-state index is -0.125. The topological polar surface area (TPSA) is 55.2 Å². The second-order valence-corrected chi connectivity index (χ2v) is 7.28. The van der Waals surface area contributed by atoms with Gasteiger partial charge in [-0.3, -0.25) is 14.2 Å². The van der Waals surface area contributed by atoms with Gasteiger partial charge in [-0.1, -0.05) is 19.3 Å². The summed E-state index contributed by atoms with van der Waals surface area (Å²) in [5.74, 6) is -0.0119. The molecule has 2 heterocycles. The number of amides is 1. The van der Waals surface area contributed by atoms with E-state index in [0.717, 1.165) is 22.5 Å². The number of nitrogens with zero attached hydrogens (tertiary/aromatic N) is 3. The van der Waals surface area contributed by atoms with Crippen molar-refractivity contribution in [3.8, 4) is 0 Å². The second kappa shape index (κ2) is 6.20. The smallest absolute Gasteiger partial charge is 0.262 e. The van der Waals surface area contributed by atoms with E-state index in [1.54, 1.807) is 0 Å². The van der Waals surface area contributed by atoms with Gasteiger partial charge in [0.15, 0.2) is 0 Å². The van der Waals surface area contributed by atoms with Gasteiger partial charge in [-0.05, 0) is 25.8 Å². The highest BCUT2D eigenvalue weighted by atomic mass is 32.1. The molecule has 0 N–H and O–H groups in total. The number of hydrogen-bond donors (Lipinski definition) is 0. The van der Waals surface area contributed by atoms with Gasteiger partial charge in [0.05, 0.1) is 11.7 Å². The first-order valence-electron chi connectivity index (χ1n) is 7.77. The molecule has 0 aliphatic heterocycles. The van der Waals surface area contributed by atoms with Gasteiger partial charge < -0.3 is 4.90 Å². The van der Waals surface area contributed by atoms with Gasteiger partial charge >= 0.3 is 0 Å². The van der Waals surface area contributed by atoms with Crippen molar-refractivity contribution in [2.24, 2.45) is 0 Å². The number of carbonyl (C=O) groups excluding carboxylic acids is 1. The fraction of sp³-hybridized carbons (Fsp3) is 0.562. The molecule has 0 spiro atoms. The van der Waals surface area contributed by atoms with E-state index >= 15 is 0 Å². The maximum Gasteiger partial charge on any atom is 0.262 e. The van der Waals surface area contributed by atoms with Crippen LogP contribution >= 0.6 is 11.3 Å². The Morgan fingerprint density at radius 1 is 1.41 bits per heavy atom. The first kappa shape index (κ1) is 15.2. The molecule has 5 nitrogen and oxygen atoms in total. The van der Waals surface area contributed by atoms with Crippen LogP contribution in [0.15, 0.2) is 17.2 Å². The number of thiophene rings is 1. The molecule has 0 bridgehead atoms. The first-order chi connectivity index (χ1) is 10.6. The van der Waals surface area contributed by atoms with E-state index in [4.69, 9.17) is 0 Å². The lowest BCUT2D eigenvalue weighted by Gasteiger charge is -2.31. The van der Waals surface area contributed by atoms with Crippen LogP contribution in [0.2, 0.25) is 0 Å². The van der Waals surface area contributed by atoms with Crippen LogP contribution in [-0.2, 0) is 11.3 Å². The summed E-state index contributed by atoms with van der Waals surface area (Å²) in [5, 5.41) is 0.609. The van der Waals surface area contributed by atoms with E-state index in [2.05, 4.69) is 4.98 Å². The molecule has 1 amide bonds. The molecule has 2 aromatic rings. The standard InChI is InChI=1S/C16H21N3O2S/c1-11-8-13-15(22-11)17-10-19(16(13)21)9-14(20)18(2)12-6-4-3-5-7-12/h8,10,12H,3-7,9H2,1-2H3. The predicted octanol–water partition coefficient (Wildman–Crippen LogP) is 2.56. The third-order valence-electron chi connectivity index (χ3n) is 4.46. The molecule has 118 valence electrons. The fourth-order valence-corrected chi connectivity index (χ4v) is 3.96. The van der Waals surface area contributed by atoms with Gasteiger partial charge in [0.25, 0.3) is 5.56 Å². The Morgan fingerprint density at radius 2 is 2.14 bits per heavy atom. The molecule has 0 atom stereocenters. The zero-order valence-electron chi connectivity index (χ0n) is 13.0. The third-order valence-corrected chi connectivity index (χ3v) is 5.42. The molecule has 0 saturated heterocycles. The normalized spacial score (nSPS) is 16.1. The summed E-state index contributed by atoms with van der Waals surface area (Å²) in [6.07, 6.45) is 7.26. The van der Waals surface area contributed by atoms with Crippen molar-refractivity contribution >= 4 is 27.5 Å². The van der Waals surface area contributed by atoms with Crippen molar-refractivity contribution < 1.29 is 4.79 Å². The number of aromatic nitrogens is 2. The van der Waals surface area contributed by atoms with Crippen LogP contribution in [-0.4, -0.2) is 33.4 Å². The van der Waals surface area contributed by atoms with Gasteiger partial charge in [0, 0.05) is 18.0 Å². The highest BCUT2D eigenvalue weighted by Gasteiger charge is 2.22. The molecule has 2 aromatic heterocycles. The lowest BCUT2D eigenvalue weighted by molar-refractivity contribution is -0.133. The molecule has 0 unspecified atom stereocenters. The van der Waals surface area contributed by atoms with Crippen LogP contribution in [0.4, 0.5) is 0 Å². The van der Waals surface area contributed by atoms with Crippen molar-refractivity contribution in [1.29, 1.82) is 0 Å². The van der Waals surface area contributed by atoms with Crippen molar-refractivity contribution in [2.75, 3.05) is 7.05 Å². The zero-order valence-corrected chi connectivity index (χ0v) is 13.9. The van der Waals surface area contributed by atoms with Gasteiger partial charge in [-0.15, -0.1) is 11.3 Å². The molecule has 3 rings (SSSR count). The highest BCUT2D eigenvalue weighted by molar-refractivity contribution is 7.18. The largest absolute Gasteiger partial charge is 0.341 e. The molecular weight excluding hydrogens is 298 g/mol. The quantitative estimate of drug-likeness (QED) is 0.873. The Morgan fingerprint density at radius 3 is 2.86 bits per heavy atom. The molecule has 0 radical (unpaired) electrons. The number of carbonyl (C=O) groups is 1. The van der Waals surface area contributed by atoms with Crippen LogP contribution in [0.25, 0.3) is 10.2 Å². The van der Waals surface area contributed by atoms with Gasteiger partial charge in [0.1, 0.15) is 11.4 Å². The number of fused-ring (bicyclic) bond motifs is 1. The van der Waals surface area contributed by atoms with E-state index in [1.165, 1.54) is 41.5 Å². The minimum absolute atomic E-state index is 0.0119. The summed E-state index contributed by atoms with van der Waals surface area (Å²) in [6, 6.07) is 2.17. The van der Waals surface area contributed by atoms with Crippen LogP contribution < -0.4 is 5.56 Å². The van der Waals surface area contributed by atoms with Crippen molar-refractivity contribution in [2.45, 2.75) is 51.6 Å². The second-order valence-electron chi connectivity index (χ2n) is 6.05. The van der Waals surface area contributed by atoms with Crippen LogP contribution in [0.1, 0.15) is 37.0 Å². The summed E-state index contributed by atoms with van der Waals surface area (Å²) >= 11 is 1.50. The predicted molar refractivity (Wildman–Crippen MR) is 88.3 cm³/mol. The Balaban J connectivity index is 1.78. The summed E-state index contributed by atoms with van der Waals surface area (Å²) in [5.41, 5.74) is -0.125. The van der Waals surface area contributed by atoms with E-state index in [9.17, 15) is 9.59 Å². The molecule has 22 heavy (non-hydrogen) atoms. The van der Waals surface area contributed by atoms with Gasteiger partial charge in [-0.2, -0.15) is 0 Å². The Bertz CT molecular complexity index is 743. The Kier molecular flexibility index (Phi) is 4.29. The van der Waals surface area contributed by atoms with E-state index in [1.807, 2.05) is 24.9 Å². The number of hydrogen-bond acceptors (Lipinski definition) is 4. The van der Waals surface area contributed by atoms with Crippen LogP contribution in [0, 0.1) is 6.92 Å². The van der Waals surface area contributed by atoms with E-state index in [-0.39, 0.29) is 18.0 Å². The van der Waals surface area contributed by atoms with Crippen molar-refractivity contribution in [3.05, 3.63) is 27.6 Å². The molecule has 0 aromatic carbocycles. The van der Waals surface area contributed by atoms with Crippen molar-refractivity contribution in [3.63, 3.8) is 0 Å². The Labute approximate surface area is 133 Å². The third kappa shape index (κ3) is 2.92. The molecule has 1 aliphatic carbocycles. The SMILES string of the molecule is Cc1cc2c(=O)n(CC(=O)N(C)C3CCCCC3)cnc2s1. The number of rotatable bonds is 3. The highest BCUT2D eigenvalue weighted by Crippen LogP contribution is 2.22. The summed E-state index contributed by atoms with van der Waals surface area (Å²) in [4.78, 5) is 32.8. The van der Waals surface area contributed by atoms with Crippen LogP contribution in [0.3, 0.4) is 0 Å². The fourth-order valence-electron chi connectivity index (χ4n) is 3.12. The van der Waals surface area contributed by atoms with E-state index in [0.29, 0.717) is 11.4 Å². The average Bonchev–Trinajstić information content (AvgIpc) is 2.91. The molecule has 1 saturated carbocycles.